The maximum atomic E-state index is 13.3. The standard InChI is InChI=1S/C47H53N7O6/c1-48-26-28-49(32-42-20-11-23-45(55)52(42)58-35-39-14-5-2-6-15-39)30-31-51(34-44-22-13-25-47(57)54(44)60-37-41-18-9-4-10-19-41)38-50(29-27-48)33-43-21-12-24-46(56)53(43)59-36-40-16-7-3-8-17-40/h2-25H,26-38H2,1H3. The molecule has 60 heavy (non-hydrogen) atoms. The Morgan fingerprint density at radius 1 is 0.383 bits per heavy atom. The van der Waals surface area contributed by atoms with Gasteiger partial charge in [0.2, 0.25) is 0 Å². The van der Waals surface area contributed by atoms with Crippen LogP contribution < -0.4 is 31.2 Å². The Labute approximate surface area is 350 Å². The molecule has 1 saturated heterocycles. The first-order valence-corrected chi connectivity index (χ1v) is 20.4. The molecule has 0 aliphatic carbocycles. The van der Waals surface area contributed by atoms with E-state index in [0.717, 1.165) is 47.7 Å². The van der Waals surface area contributed by atoms with Crippen molar-refractivity contribution in [2.24, 2.45) is 0 Å². The summed E-state index contributed by atoms with van der Waals surface area (Å²) in [6, 6.07) is 45.0. The van der Waals surface area contributed by atoms with Crippen LogP contribution in [-0.4, -0.2) is 86.8 Å². The molecule has 312 valence electrons. The van der Waals surface area contributed by atoms with Crippen molar-refractivity contribution in [3.05, 3.63) is 210 Å². The zero-order chi connectivity index (χ0) is 41.5. The molecule has 0 N–H and O–H groups in total. The van der Waals surface area contributed by atoms with Crippen LogP contribution in [0.3, 0.4) is 0 Å². The van der Waals surface area contributed by atoms with E-state index in [1.54, 1.807) is 18.2 Å². The third kappa shape index (κ3) is 11.9. The lowest BCUT2D eigenvalue weighted by Crippen LogP contribution is -2.44. The molecule has 3 aromatic heterocycles. The molecular weight excluding hydrogens is 759 g/mol. The van der Waals surface area contributed by atoms with Crippen LogP contribution in [0.1, 0.15) is 33.8 Å². The lowest BCUT2D eigenvalue weighted by Gasteiger charge is -2.32. The molecular formula is C47H53N7O6. The summed E-state index contributed by atoms with van der Waals surface area (Å²) in [6.07, 6.45) is 0. The average molecular weight is 812 g/mol. The van der Waals surface area contributed by atoms with Crippen LogP contribution in [-0.2, 0) is 39.5 Å². The molecule has 7 rings (SSSR count). The van der Waals surface area contributed by atoms with Gasteiger partial charge in [0.15, 0.2) is 0 Å². The summed E-state index contributed by atoms with van der Waals surface area (Å²) in [5.74, 6) is 0. The number of aromatic nitrogens is 3. The number of pyridine rings is 3. The van der Waals surface area contributed by atoms with Gasteiger partial charge in [-0.15, -0.1) is 14.2 Å². The Bertz CT molecular complexity index is 2420. The highest BCUT2D eigenvalue weighted by Crippen LogP contribution is 2.13. The predicted molar refractivity (Wildman–Crippen MR) is 231 cm³/mol. The fraction of sp³-hybridized carbons (Fsp3) is 0.298. The van der Waals surface area contributed by atoms with Crippen LogP contribution in [0.25, 0.3) is 0 Å². The van der Waals surface area contributed by atoms with E-state index in [-0.39, 0.29) is 36.5 Å². The van der Waals surface area contributed by atoms with E-state index in [1.807, 2.05) is 109 Å². The highest BCUT2D eigenvalue weighted by molar-refractivity contribution is 5.16. The Kier molecular flexibility index (Phi) is 14.8. The molecule has 3 aromatic carbocycles. The van der Waals surface area contributed by atoms with Crippen molar-refractivity contribution >= 4 is 0 Å². The molecule has 0 radical (unpaired) electrons. The first kappa shape index (κ1) is 41.9. The second kappa shape index (κ2) is 21.1. The summed E-state index contributed by atoms with van der Waals surface area (Å²) in [4.78, 5) is 67.4. The van der Waals surface area contributed by atoms with Gasteiger partial charge in [0.1, 0.15) is 19.8 Å². The first-order valence-electron chi connectivity index (χ1n) is 20.4. The highest BCUT2D eigenvalue weighted by atomic mass is 16.7. The van der Waals surface area contributed by atoms with Crippen LogP contribution in [0.15, 0.2) is 160 Å². The largest absolute Gasteiger partial charge is 0.406 e. The minimum Gasteiger partial charge on any atom is -0.406 e. The van der Waals surface area contributed by atoms with Gasteiger partial charge in [-0.1, -0.05) is 109 Å². The third-order valence-corrected chi connectivity index (χ3v) is 10.5. The number of nitrogens with zero attached hydrogens (tertiary/aromatic N) is 7. The number of likely N-dealkylation sites (N-methyl/N-ethyl adjacent to an activating group) is 1. The van der Waals surface area contributed by atoms with Crippen LogP contribution in [0.4, 0.5) is 0 Å². The van der Waals surface area contributed by atoms with Gasteiger partial charge in [0.05, 0.1) is 23.8 Å². The maximum Gasteiger partial charge on any atom is 0.283 e. The Hall–Kier alpha value is -6.25. The minimum atomic E-state index is -0.247. The summed E-state index contributed by atoms with van der Waals surface area (Å²) in [5, 5.41) is 0. The molecule has 13 heteroatoms. The highest BCUT2D eigenvalue weighted by Gasteiger charge is 2.22. The zero-order valence-electron chi connectivity index (χ0n) is 34.1. The van der Waals surface area contributed by atoms with Crippen molar-refractivity contribution in [1.82, 2.24) is 33.8 Å². The molecule has 0 unspecified atom stereocenters. The van der Waals surface area contributed by atoms with E-state index < -0.39 is 0 Å². The smallest absolute Gasteiger partial charge is 0.283 e. The fourth-order valence-corrected chi connectivity index (χ4v) is 7.14. The second-order valence-corrected chi connectivity index (χ2v) is 15.1. The van der Waals surface area contributed by atoms with Gasteiger partial charge < -0.3 is 19.4 Å². The minimum absolute atomic E-state index is 0.222. The van der Waals surface area contributed by atoms with Gasteiger partial charge in [-0.2, -0.15) is 0 Å². The van der Waals surface area contributed by atoms with Gasteiger partial charge in [0, 0.05) is 77.1 Å². The van der Waals surface area contributed by atoms with Crippen molar-refractivity contribution in [2.75, 3.05) is 53.0 Å². The van der Waals surface area contributed by atoms with Crippen LogP contribution in [0.2, 0.25) is 0 Å². The monoisotopic (exact) mass is 811 g/mol. The molecule has 1 aliphatic rings. The number of hydrogen-bond donors (Lipinski definition) is 0. The lowest BCUT2D eigenvalue weighted by atomic mass is 10.2. The van der Waals surface area contributed by atoms with Crippen LogP contribution >= 0.6 is 0 Å². The molecule has 4 heterocycles. The topological polar surface area (TPSA) is 107 Å². The quantitative estimate of drug-likeness (QED) is 0.152. The van der Waals surface area contributed by atoms with Gasteiger partial charge in [-0.3, -0.25) is 29.1 Å². The van der Waals surface area contributed by atoms with Crippen LogP contribution in [0, 0.1) is 0 Å². The Balaban J connectivity index is 1.15. The lowest BCUT2D eigenvalue weighted by molar-refractivity contribution is 0.0533. The van der Waals surface area contributed by atoms with Gasteiger partial charge in [-0.25, -0.2) is 0 Å². The Morgan fingerprint density at radius 3 is 1.08 bits per heavy atom. The molecule has 0 spiro atoms. The van der Waals surface area contributed by atoms with E-state index in [1.165, 1.54) is 32.4 Å². The second-order valence-electron chi connectivity index (χ2n) is 15.1. The summed E-state index contributed by atoms with van der Waals surface area (Å²) in [5.41, 5.74) is 4.39. The summed E-state index contributed by atoms with van der Waals surface area (Å²) >= 11 is 0. The van der Waals surface area contributed by atoms with E-state index >= 15 is 0 Å². The SMILES string of the molecule is CN1CCN(Cc2cccc(=O)n2OCc2ccccc2)CCN(Cc2cccc(=O)n2OCc2ccccc2)CN(Cc2cccc(=O)n2OCc2ccccc2)CC1. The fourth-order valence-electron chi connectivity index (χ4n) is 7.14. The van der Waals surface area contributed by atoms with E-state index in [2.05, 4.69) is 26.6 Å². The molecule has 0 amide bonds. The summed E-state index contributed by atoms with van der Waals surface area (Å²) in [6.45, 7) is 6.89. The van der Waals surface area contributed by atoms with Crippen molar-refractivity contribution < 1.29 is 14.5 Å². The molecule has 1 aliphatic heterocycles. The van der Waals surface area contributed by atoms with Crippen molar-refractivity contribution in [2.45, 2.75) is 39.5 Å². The number of rotatable bonds is 15. The Morgan fingerprint density at radius 2 is 0.700 bits per heavy atom. The molecule has 0 atom stereocenters. The van der Waals surface area contributed by atoms with Crippen molar-refractivity contribution in [3.63, 3.8) is 0 Å². The van der Waals surface area contributed by atoms with Crippen molar-refractivity contribution in [3.8, 4) is 0 Å². The average Bonchev–Trinajstić information content (AvgIpc) is 3.29. The summed E-state index contributed by atoms with van der Waals surface area (Å²) < 4.78 is 4.21. The molecule has 1 fully saturated rings. The zero-order valence-corrected chi connectivity index (χ0v) is 34.1. The van der Waals surface area contributed by atoms with E-state index in [0.29, 0.717) is 51.6 Å². The molecule has 0 bridgehead atoms. The number of benzene rings is 3. The predicted octanol–water partition coefficient (Wildman–Crippen LogP) is 3.77. The summed E-state index contributed by atoms with van der Waals surface area (Å²) in [7, 11) is 2.11. The van der Waals surface area contributed by atoms with Crippen LogP contribution in [0.5, 0.6) is 0 Å². The maximum absolute atomic E-state index is 13.3. The normalized spacial score (nSPS) is 14.9. The van der Waals surface area contributed by atoms with Gasteiger partial charge in [0.25, 0.3) is 16.7 Å². The van der Waals surface area contributed by atoms with E-state index in [4.69, 9.17) is 14.5 Å². The van der Waals surface area contributed by atoms with Crippen molar-refractivity contribution in [1.29, 1.82) is 0 Å². The van der Waals surface area contributed by atoms with Gasteiger partial charge in [-0.05, 0) is 41.9 Å². The number of hydrogen-bond acceptors (Lipinski definition) is 10. The van der Waals surface area contributed by atoms with E-state index in [9.17, 15) is 14.4 Å². The third-order valence-electron chi connectivity index (χ3n) is 10.5. The molecule has 0 saturated carbocycles. The first-order chi connectivity index (χ1) is 29.4. The molecule has 6 aromatic rings. The molecule has 13 nitrogen and oxygen atoms in total. The van der Waals surface area contributed by atoms with Gasteiger partial charge >= 0.3 is 0 Å².